The molecule has 0 aromatic heterocycles. The number of hydrogen-bond acceptors (Lipinski definition) is 4. The minimum absolute atomic E-state index is 0.624. The number of hydrogen-bond donors (Lipinski definition) is 1. The van der Waals surface area contributed by atoms with E-state index in [9.17, 15) is 0 Å². The van der Waals surface area contributed by atoms with Gasteiger partial charge in [-0.25, -0.2) is 0 Å². The minimum atomic E-state index is 0.624. The summed E-state index contributed by atoms with van der Waals surface area (Å²) in [6.07, 6.45) is 3.64. The van der Waals surface area contributed by atoms with Gasteiger partial charge in [-0.05, 0) is 46.3 Å². The predicted molar refractivity (Wildman–Crippen MR) is 81.7 cm³/mol. The topological polar surface area (TPSA) is 27.7 Å². The highest BCUT2D eigenvalue weighted by Gasteiger charge is 2.25. The highest BCUT2D eigenvalue weighted by Crippen LogP contribution is 2.14. The summed E-state index contributed by atoms with van der Waals surface area (Å²) >= 11 is 0. The van der Waals surface area contributed by atoms with Crippen molar-refractivity contribution in [2.45, 2.75) is 45.2 Å². The number of likely N-dealkylation sites (N-methyl/N-ethyl adjacent to an activating group) is 1. The summed E-state index contributed by atoms with van der Waals surface area (Å²) in [6, 6.07) is 1.34. The van der Waals surface area contributed by atoms with Gasteiger partial charge >= 0.3 is 0 Å². The Kier molecular flexibility index (Phi) is 8.62. The van der Waals surface area contributed by atoms with Gasteiger partial charge in [0.05, 0.1) is 0 Å². The highest BCUT2D eigenvalue weighted by atomic mass is 16.5. The summed E-state index contributed by atoms with van der Waals surface area (Å²) in [5.41, 5.74) is 0. The van der Waals surface area contributed by atoms with E-state index in [0.717, 1.165) is 26.1 Å². The number of nitrogens with one attached hydrogen (secondary N) is 1. The summed E-state index contributed by atoms with van der Waals surface area (Å²) in [5, 5.41) is 3.56. The Morgan fingerprint density at radius 2 is 2.16 bits per heavy atom. The molecule has 2 unspecified atom stereocenters. The molecule has 1 rings (SSSR count). The van der Waals surface area contributed by atoms with Gasteiger partial charge in [-0.15, -0.1) is 0 Å². The number of rotatable bonds is 8. The second-order valence-corrected chi connectivity index (χ2v) is 5.82. The van der Waals surface area contributed by atoms with Crippen LogP contribution in [0.4, 0.5) is 0 Å². The van der Waals surface area contributed by atoms with Gasteiger partial charge in [-0.1, -0.05) is 6.92 Å². The molecule has 0 aliphatic carbocycles. The maximum absolute atomic E-state index is 5.07. The highest BCUT2D eigenvalue weighted by molar-refractivity contribution is 4.82. The maximum Gasteiger partial charge on any atom is 0.0474 e. The van der Waals surface area contributed by atoms with Gasteiger partial charge in [0.15, 0.2) is 0 Å². The van der Waals surface area contributed by atoms with Gasteiger partial charge in [-0.3, -0.25) is 4.90 Å². The van der Waals surface area contributed by atoms with Crippen molar-refractivity contribution >= 4 is 0 Å². The fraction of sp³-hybridized carbons (Fsp3) is 1.00. The van der Waals surface area contributed by atoms with Crippen LogP contribution in [0.15, 0.2) is 0 Å². The zero-order chi connectivity index (χ0) is 14.1. The Bertz CT molecular complexity index is 225. The maximum atomic E-state index is 5.07. The molecule has 1 fully saturated rings. The fourth-order valence-corrected chi connectivity index (χ4v) is 2.98. The SMILES string of the molecule is CCC1CN(C)CCCN1C(C)CNCCCOC. The third-order valence-corrected chi connectivity index (χ3v) is 4.13. The Labute approximate surface area is 119 Å². The molecule has 4 heteroatoms. The van der Waals surface area contributed by atoms with Gasteiger partial charge in [0.25, 0.3) is 0 Å². The molecule has 0 amide bonds. The normalized spacial score (nSPS) is 24.3. The summed E-state index contributed by atoms with van der Waals surface area (Å²) in [6.45, 7) is 11.4. The van der Waals surface area contributed by atoms with E-state index in [1.54, 1.807) is 7.11 Å². The molecule has 0 bridgehead atoms. The molecule has 4 nitrogen and oxygen atoms in total. The molecule has 1 aliphatic rings. The van der Waals surface area contributed by atoms with E-state index in [0.29, 0.717) is 12.1 Å². The average Bonchev–Trinajstić information content (AvgIpc) is 2.59. The molecule has 0 saturated carbocycles. The summed E-state index contributed by atoms with van der Waals surface area (Å²) in [5.74, 6) is 0. The van der Waals surface area contributed by atoms with Crippen molar-refractivity contribution in [2.75, 3.05) is 53.5 Å². The van der Waals surface area contributed by atoms with E-state index >= 15 is 0 Å². The molecule has 2 atom stereocenters. The third kappa shape index (κ3) is 6.21. The Morgan fingerprint density at radius 1 is 1.37 bits per heavy atom. The average molecular weight is 271 g/mol. The minimum Gasteiger partial charge on any atom is -0.385 e. The van der Waals surface area contributed by atoms with Crippen molar-refractivity contribution in [3.63, 3.8) is 0 Å². The summed E-state index contributed by atoms with van der Waals surface area (Å²) < 4.78 is 5.07. The molecule has 114 valence electrons. The molecule has 1 N–H and O–H groups in total. The first-order valence-electron chi connectivity index (χ1n) is 7.83. The van der Waals surface area contributed by atoms with Crippen LogP contribution in [0.25, 0.3) is 0 Å². The molecular weight excluding hydrogens is 238 g/mol. The molecule has 1 heterocycles. The second kappa shape index (κ2) is 9.70. The van der Waals surface area contributed by atoms with Crippen molar-refractivity contribution in [1.29, 1.82) is 0 Å². The van der Waals surface area contributed by atoms with Crippen LogP contribution in [0.1, 0.15) is 33.1 Å². The molecule has 1 saturated heterocycles. The summed E-state index contributed by atoms with van der Waals surface area (Å²) in [7, 11) is 4.02. The molecule has 19 heavy (non-hydrogen) atoms. The van der Waals surface area contributed by atoms with Crippen LogP contribution in [0, 0.1) is 0 Å². The van der Waals surface area contributed by atoms with Crippen LogP contribution >= 0.6 is 0 Å². The van der Waals surface area contributed by atoms with E-state index in [-0.39, 0.29) is 0 Å². The molecule has 0 spiro atoms. The molecule has 1 aliphatic heterocycles. The first-order chi connectivity index (χ1) is 9.19. The van der Waals surface area contributed by atoms with E-state index in [2.05, 4.69) is 36.0 Å². The number of methoxy groups -OCH3 is 1. The largest absolute Gasteiger partial charge is 0.385 e. The van der Waals surface area contributed by atoms with Gasteiger partial charge in [0.1, 0.15) is 0 Å². The lowest BCUT2D eigenvalue weighted by atomic mass is 10.1. The van der Waals surface area contributed by atoms with Gasteiger partial charge in [0.2, 0.25) is 0 Å². The Hall–Kier alpha value is -0.160. The van der Waals surface area contributed by atoms with Crippen LogP contribution in [-0.2, 0) is 4.74 Å². The lowest BCUT2D eigenvalue weighted by Gasteiger charge is -2.35. The molecule has 0 radical (unpaired) electrons. The quantitative estimate of drug-likeness (QED) is 0.676. The van der Waals surface area contributed by atoms with Crippen LogP contribution in [0.5, 0.6) is 0 Å². The first kappa shape index (κ1) is 16.9. The van der Waals surface area contributed by atoms with Crippen molar-refractivity contribution < 1.29 is 4.74 Å². The monoisotopic (exact) mass is 271 g/mol. The third-order valence-electron chi connectivity index (χ3n) is 4.13. The summed E-state index contributed by atoms with van der Waals surface area (Å²) in [4.78, 5) is 5.18. The van der Waals surface area contributed by atoms with Crippen LogP contribution in [0.3, 0.4) is 0 Å². The number of nitrogens with zero attached hydrogens (tertiary/aromatic N) is 2. The smallest absolute Gasteiger partial charge is 0.0474 e. The van der Waals surface area contributed by atoms with Crippen molar-refractivity contribution in [3.8, 4) is 0 Å². The second-order valence-electron chi connectivity index (χ2n) is 5.82. The zero-order valence-electron chi connectivity index (χ0n) is 13.3. The lowest BCUT2D eigenvalue weighted by molar-refractivity contribution is 0.134. The van der Waals surface area contributed by atoms with E-state index in [4.69, 9.17) is 4.74 Å². The van der Waals surface area contributed by atoms with E-state index < -0.39 is 0 Å². The fourth-order valence-electron chi connectivity index (χ4n) is 2.98. The molecule has 0 aromatic carbocycles. The zero-order valence-corrected chi connectivity index (χ0v) is 13.3. The van der Waals surface area contributed by atoms with Crippen LogP contribution in [-0.4, -0.2) is 75.4 Å². The number of ether oxygens (including phenoxy) is 1. The molecular formula is C15H33N3O. The van der Waals surface area contributed by atoms with Crippen molar-refractivity contribution in [2.24, 2.45) is 0 Å². The predicted octanol–water partition coefficient (Wildman–Crippen LogP) is 1.42. The van der Waals surface area contributed by atoms with Gasteiger partial charge in [-0.2, -0.15) is 0 Å². The first-order valence-corrected chi connectivity index (χ1v) is 7.83. The Morgan fingerprint density at radius 3 is 2.84 bits per heavy atom. The van der Waals surface area contributed by atoms with Gasteiger partial charge < -0.3 is 15.0 Å². The van der Waals surface area contributed by atoms with E-state index in [1.807, 2.05) is 0 Å². The van der Waals surface area contributed by atoms with Crippen molar-refractivity contribution in [1.82, 2.24) is 15.1 Å². The van der Waals surface area contributed by atoms with Crippen LogP contribution in [0.2, 0.25) is 0 Å². The van der Waals surface area contributed by atoms with Crippen LogP contribution < -0.4 is 5.32 Å². The van der Waals surface area contributed by atoms with E-state index in [1.165, 1.54) is 32.5 Å². The standard InChI is InChI=1S/C15H33N3O/c1-5-15-13-17(3)9-7-10-18(15)14(2)12-16-8-6-11-19-4/h14-16H,5-13H2,1-4H3. The molecule has 0 aromatic rings. The van der Waals surface area contributed by atoms with Crippen molar-refractivity contribution in [3.05, 3.63) is 0 Å². The Balaban J connectivity index is 2.33. The van der Waals surface area contributed by atoms with Gasteiger partial charge in [0, 0.05) is 45.4 Å². The lowest BCUT2D eigenvalue weighted by Crippen LogP contribution is -2.48.